The number of hydrogen-bond donors (Lipinski definition) is 0. The highest BCUT2D eigenvalue weighted by Crippen LogP contribution is 2.37. The van der Waals surface area contributed by atoms with Crippen LogP contribution in [-0.4, -0.2) is 24.5 Å². The maximum Gasteiger partial charge on any atom is 0.255 e. The standard InChI is InChI=1S/C20H20N2O3/c1-3-25-19-12-14(8-9-18(19)24-2)17(10-11-21)22-13-15-6-4-5-7-16(15)20(22)23/h4-9,12,17H,3,10,13H2,1-2H3. The molecule has 5 heteroatoms. The van der Waals surface area contributed by atoms with Crippen LogP contribution in [-0.2, 0) is 6.54 Å². The van der Waals surface area contributed by atoms with Gasteiger partial charge in [0, 0.05) is 12.1 Å². The summed E-state index contributed by atoms with van der Waals surface area (Å²) >= 11 is 0. The highest BCUT2D eigenvalue weighted by molar-refractivity contribution is 5.98. The minimum absolute atomic E-state index is 0.0374. The molecule has 5 nitrogen and oxygen atoms in total. The molecule has 2 aromatic rings. The van der Waals surface area contributed by atoms with Gasteiger partial charge in [-0.25, -0.2) is 0 Å². The van der Waals surface area contributed by atoms with Crippen molar-refractivity contribution < 1.29 is 14.3 Å². The summed E-state index contributed by atoms with van der Waals surface area (Å²) in [7, 11) is 1.59. The number of rotatable bonds is 6. The molecule has 0 radical (unpaired) electrons. The molecule has 25 heavy (non-hydrogen) atoms. The molecule has 1 amide bonds. The van der Waals surface area contributed by atoms with Crippen molar-refractivity contribution in [2.45, 2.75) is 25.9 Å². The lowest BCUT2D eigenvalue weighted by atomic mass is 10.0. The van der Waals surface area contributed by atoms with E-state index in [9.17, 15) is 10.1 Å². The molecule has 1 unspecified atom stereocenters. The third-order valence-electron chi connectivity index (χ3n) is 4.38. The molecule has 1 heterocycles. The average Bonchev–Trinajstić information content (AvgIpc) is 2.97. The van der Waals surface area contributed by atoms with Crippen LogP contribution < -0.4 is 9.47 Å². The second-order valence-corrected chi connectivity index (χ2v) is 5.81. The van der Waals surface area contributed by atoms with E-state index in [1.54, 1.807) is 12.0 Å². The second kappa shape index (κ2) is 7.27. The normalized spacial score (nSPS) is 14.0. The van der Waals surface area contributed by atoms with Gasteiger partial charge in [0.15, 0.2) is 11.5 Å². The molecular formula is C20H20N2O3. The van der Waals surface area contributed by atoms with Crippen LogP contribution in [0.1, 0.15) is 40.9 Å². The van der Waals surface area contributed by atoms with Crippen molar-refractivity contribution in [3.63, 3.8) is 0 Å². The van der Waals surface area contributed by atoms with Gasteiger partial charge in [-0.1, -0.05) is 24.3 Å². The summed E-state index contributed by atoms with van der Waals surface area (Å²) in [6, 6.07) is 15.0. The van der Waals surface area contributed by atoms with Crippen LogP contribution in [0.2, 0.25) is 0 Å². The Morgan fingerprint density at radius 1 is 1.24 bits per heavy atom. The number of benzene rings is 2. The summed E-state index contributed by atoms with van der Waals surface area (Å²) in [5, 5.41) is 9.29. The highest BCUT2D eigenvalue weighted by Gasteiger charge is 2.33. The molecule has 0 N–H and O–H groups in total. The van der Waals surface area contributed by atoms with Gasteiger partial charge in [-0.2, -0.15) is 5.26 Å². The number of carbonyl (C=O) groups excluding carboxylic acids is 1. The molecule has 1 aliphatic rings. The fourth-order valence-electron chi connectivity index (χ4n) is 3.19. The summed E-state index contributed by atoms with van der Waals surface area (Å²) < 4.78 is 11.0. The largest absolute Gasteiger partial charge is 0.493 e. The van der Waals surface area contributed by atoms with Crippen LogP contribution in [0.25, 0.3) is 0 Å². The minimum Gasteiger partial charge on any atom is -0.493 e. The van der Waals surface area contributed by atoms with Crippen LogP contribution in [0.5, 0.6) is 11.5 Å². The molecule has 0 saturated carbocycles. The van der Waals surface area contributed by atoms with Crippen LogP contribution in [0, 0.1) is 11.3 Å². The van der Waals surface area contributed by atoms with Crippen molar-refractivity contribution in [3.05, 3.63) is 59.2 Å². The molecule has 0 aromatic heterocycles. The van der Waals surface area contributed by atoms with Gasteiger partial charge in [0.1, 0.15) is 0 Å². The molecule has 128 valence electrons. The van der Waals surface area contributed by atoms with Crippen LogP contribution in [0.3, 0.4) is 0 Å². The SMILES string of the molecule is CCOc1cc(C(CC#N)N2Cc3ccccc3C2=O)ccc1OC. The molecule has 0 fully saturated rings. The van der Waals surface area contributed by atoms with E-state index in [2.05, 4.69) is 6.07 Å². The van der Waals surface area contributed by atoms with Crippen molar-refractivity contribution in [2.75, 3.05) is 13.7 Å². The zero-order chi connectivity index (χ0) is 17.8. The van der Waals surface area contributed by atoms with Crippen molar-refractivity contribution in [3.8, 4) is 17.6 Å². The third kappa shape index (κ3) is 3.16. The third-order valence-corrected chi connectivity index (χ3v) is 4.38. The number of fused-ring (bicyclic) bond motifs is 1. The fraction of sp³-hybridized carbons (Fsp3) is 0.300. The van der Waals surface area contributed by atoms with Crippen LogP contribution in [0.15, 0.2) is 42.5 Å². The predicted molar refractivity (Wildman–Crippen MR) is 93.4 cm³/mol. The van der Waals surface area contributed by atoms with Gasteiger partial charge >= 0.3 is 0 Å². The minimum atomic E-state index is -0.324. The molecule has 0 aliphatic carbocycles. The Morgan fingerprint density at radius 3 is 2.72 bits per heavy atom. The number of nitriles is 1. The van der Waals surface area contributed by atoms with Crippen LogP contribution >= 0.6 is 0 Å². The maximum absolute atomic E-state index is 12.8. The average molecular weight is 336 g/mol. The first-order chi connectivity index (χ1) is 12.2. The van der Waals surface area contributed by atoms with Gasteiger partial charge in [-0.05, 0) is 36.2 Å². The summed E-state index contributed by atoms with van der Waals surface area (Å²) in [6.45, 7) is 2.92. The van der Waals surface area contributed by atoms with Crippen molar-refractivity contribution in [2.24, 2.45) is 0 Å². The lowest BCUT2D eigenvalue weighted by Gasteiger charge is -2.27. The molecular weight excluding hydrogens is 316 g/mol. The van der Waals surface area contributed by atoms with Gasteiger partial charge in [-0.15, -0.1) is 0 Å². The van der Waals surface area contributed by atoms with Gasteiger partial charge in [0.25, 0.3) is 5.91 Å². The van der Waals surface area contributed by atoms with Crippen molar-refractivity contribution in [1.82, 2.24) is 4.90 Å². The number of ether oxygens (including phenoxy) is 2. The molecule has 3 rings (SSSR count). The molecule has 0 spiro atoms. The monoisotopic (exact) mass is 336 g/mol. The lowest BCUT2D eigenvalue weighted by molar-refractivity contribution is 0.0703. The summed E-state index contributed by atoms with van der Waals surface area (Å²) in [6.07, 6.45) is 0.220. The van der Waals surface area contributed by atoms with E-state index < -0.39 is 0 Å². The van der Waals surface area contributed by atoms with Crippen molar-refractivity contribution >= 4 is 5.91 Å². The first-order valence-electron chi connectivity index (χ1n) is 8.26. The predicted octanol–water partition coefficient (Wildman–Crippen LogP) is 3.70. The zero-order valence-corrected chi connectivity index (χ0v) is 14.4. The summed E-state index contributed by atoms with van der Waals surface area (Å²) in [4.78, 5) is 14.5. The number of carbonyl (C=O) groups is 1. The van der Waals surface area contributed by atoms with Crippen molar-refractivity contribution in [1.29, 1.82) is 5.26 Å². The van der Waals surface area contributed by atoms with E-state index in [4.69, 9.17) is 9.47 Å². The summed E-state index contributed by atoms with van der Waals surface area (Å²) in [5.74, 6) is 1.22. The Labute approximate surface area is 147 Å². The Bertz CT molecular complexity index is 826. The van der Waals surface area contributed by atoms with E-state index in [1.165, 1.54) is 0 Å². The van der Waals surface area contributed by atoms with Gasteiger partial charge in [-0.3, -0.25) is 4.79 Å². The Kier molecular flexibility index (Phi) is 4.90. The first-order valence-corrected chi connectivity index (χ1v) is 8.26. The smallest absolute Gasteiger partial charge is 0.255 e. The number of nitrogens with zero attached hydrogens (tertiary/aromatic N) is 2. The van der Waals surface area contributed by atoms with Gasteiger partial charge in [0.2, 0.25) is 0 Å². The molecule has 1 aliphatic heterocycles. The first kappa shape index (κ1) is 16.8. The topological polar surface area (TPSA) is 62.6 Å². The number of amides is 1. The van der Waals surface area contributed by atoms with E-state index in [1.807, 2.05) is 49.4 Å². The lowest BCUT2D eigenvalue weighted by Crippen LogP contribution is -2.29. The highest BCUT2D eigenvalue weighted by atomic mass is 16.5. The molecule has 0 saturated heterocycles. The molecule has 0 bridgehead atoms. The number of methoxy groups -OCH3 is 1. The second-order valence-electron chi connectivity index (χ2n) is 5.81. The Hall–Kier alpha value is -3.00. The van der Waals surface area contributed by atoms with E-state index >= 15 is 0 Å². The molecule has 2 aromatic carbocycles. The molecule has 1 atom stereocenters. The van der Waals surface area contributed by atoms with Gasteiger partial charge in [0.05, 0.1) is 32.2 Å². The quantitative estimate of drug-likeness (QED) is 0.807. The Morgan fingerprint density at radius 2 is 2.04 bits per heavy atom. The summed E-state index contributed by atoms with van der Waals surface area (Å²) in [5.41, 5.74) is 2.57. The zero-order valence-electron chi connectivity index (χ0n) is 14.4. The van der Waals surface area contributed by atoms with E-state index in [0.29, 0.717) is 30.2 Å². The van der Waals surface area contributed by atoms with E-state index in [-0.39, 0.29) is 18.4 Å². The fourth-order valence-corrected chi connectivity index (χ4v) is 3.19. The maximum atomic E-state index is 12.8. The van der Waals surface area contributed by atoms with Gasteiger partial charge < -0.3 is 14.4 Å². The van der Waals surface area contributed by atoms with Crippen LogP contribution in [0.4, 0.5) is 0 Å². The van der Waals surface area contributed by atoms with E-state index in [0.717, 1.165) is 11.1 Å². The Balaban J connectivity index is 1.96. The number of hydrogen-bond acceptors (Lipinski definition) is 4.